The number of hydrogen-bond donors (Lipinski definition) is 0. The molecular formula is C13H7F5. The maximum absolute atomic E-state index is 13.3. The van der Waals surface area contributed by atoms with Crippen molar-refractivity contribution < 1.29 is 22.0 Å². The second-order valence-corrected chi connectivity index (χ2v) is 3.67. The predicted molar refractivity (Wildman–Crippen MR) is 56.8 cm³/mol. The molecule has 0 bridgehead atoms. The Balaban J connectivity index is 2.69. The topological polar surface area (TPSA) is 0 Å². The fourth-order valence-corrected chi connectivity index (χ4v) is 1.71. The summed E-state index contributed by atoms with van der Waals surface area (Å²) in [5, 5.41) is 0. The van der Waals surface area contributed by atoms with E-state index in [2.05, 4.69) is 0 Å². The molecule has 2 rings (SSSR count). The number of hydrogen-bond acceptors (Lipinski definition) is 0. The third kappa shape index (κ3) is 2.34. The van der Waals surface area contributed by atoms with Crippen LogP contribution >= 0.6 is 0 Å². The molecular weight excluding hydrogens is 251 g/mol. The van der Waals surface area contributed by atoms with E-state index in [4.69, 9.17) is 0 Å². The minimum atomic E-state index is -4.83. The van der Waals surface area contributed by atoms with E-state index in [1.807, 2.05) is 0 Å². The lowest BCUT2D eigenvalue weighted by molar-refractivity contribution is -0.139. The molecule has 0 unspecified atom stereocenters. The Bertz CT molecular complexity index is 572. The van der Waals surface area contributed by atoms with Gasteiger partial charge in [-0.25, -0.2) is 8.78 Å². The van der Waals surface area contributed by atoms with Gasteiger partial charge in [-0.3, -0.25) is 0 Å². The van der Waals surface area contributed by atoms with Gasteiger partial charge in [-0.1, -0.05) is 24.3 Å². The molecule has 0 radical (unpaired) electrons. The van der Waals surface area contributed by atoms with E-state index in [0.29, 0.717) is 0 Å². The second-order valence-electron chi connectivity index (χ2n) is 3.67. The summed E-state index contributed by atoms with van der Waals surface area (Å²) in [7, 11) is 0. The van der Waals surface area contributed by atoms with Gasteiger partial charge in [-0.2, -0.15) is 13.2 Å². The third-order valence-corrected chi connectivity index (χ3v) is 2.43. The molecule has 0 heterocycles. The third-order valence-electron chi connectivity index (χ3n) is 2.43. The van der Waals surface area contributed by atoms with Gasteiger partial charge in [-0.15, -0.1) is 0 Å². The van der Waals surface area contributed by atoms with Gasteiger partial charge in [-0.05, 0) is 29.3 Å². The average molecular weight is 258 g/mol. The van der Waals surface area contributed by atoms with Gasteiger partial charge in [0.25, 0.3) is 0 Å². The molecule has 5 heteroatoms. The standard InChI is InChI=1S/C13H7F5/c14-9-4-1-3-8(7-9)10-5-2-6-11(15)12(10)13(16,17)18/h1-7H. The van der Waals surface area contributed by atoms with Crippen LogP contribution in [0.2, 0.25) is 0 Å². The van der Waals surface area contributed by atoms with Crippen LogP contribution in [0.3, 0.4) is 0 Å². The molecule has 0 aliphatic carbocycles. The smallest absolute Gasteiger partial charge is 0.207 e. The minimum Gasteiger partial charge on any atom is -0.207 e. The molecule has 0 aliphatic heterocycles. The van der Waals surface area contributed by atoms with Crippen molar-refractivity contribution in [1.82, 2.24) is 0 Å². The summed E-state index contributed by atoms with van der Waals surface area (Å²) in [6.07, 6.45) is -4.83. The Kier molecular flexibility index (Phi) is 3.07. The largest absolute Gasteiger partial charge is 0.419 e. The monoisotopic (exact) mass is 258 g/mol. The molecule has 0 fully saturated rings. The van der Waals surface area contributed by atoms with Crippen molar-refractivity contribution in [2.45, 2.75) is 6.18 Å². The lowest BCUT2D eigenvalue weighted by Gasteiger charge is -2.13. The van der Waals surface area contributed by atoms with Crippen molar-refractivity contribution in [3.63, 3.8) is 0 Å². The number of benzene rings is 2. The predicted octanol–water partition coefficient (Wildman–Crippen LogP) is 4.65. The van der Waals surface area contributed by atoms with E-state index in [9.17, 15) is 22.0 Å². The highest BCUT2D eigenvalue weighted by atomic mass is 19.4. The molecule has 0 atom stereocenters. The Labute approximate surface area is 99.7 Å². The molecule has 0 saturated carbocycles. The molecule has 94 valence electrons. The van der Waals surface area contributed by atoms with Gasteiger partial charge in [0.1, 0.15) is 11.6 Å². The number of rotatable bonds is 1. The zero-order valence-corrected chi connectivity index (χ0v) is 8.93. The fourth-order valence-electron chi connectivity index (χ4n) is 1.71. The molecule has 0 aliphatic rings. The van der Waals surface area contributed by atoms with E-state index in [-0.39, 0.29) is 11.1 Å². The summed E-state index contributed by atoms with van der Waals surface area (Å²) in [4.78, 5) is 0. The van der Waals surface area contributed by atoms with Crippen LogP contribution in [0.4, 0.5) is 22.0 Å². The molecule has 0 amide bonds. The molecule has 2 aromatic rings. The Hall–Kier alpha value is -1.91. The highest BCUT2D eigenvalue weighted by molar-refractivity contribution is 5.68. The first-order valence-corrected chi connectivity index (χ1v) is 5.01. The van der Waals surface area contributed by atoms with Gasteiger partial charge in [0, 0.05) is 0 Å². The highest BCUT2D eigenvalue weighted by Gasteiger charge is 2.36. The summed E-state index contributed by atoms with van der Waals surface area (Å²) in [5.74, 6) is -2.05. The first-order chi connectivity index (χ1) is 8.39. The number of alkyl halides is 3. The summed E-state index contributed by atoms with van der Waals surface area (Å²) < 4.78 is 64.6. The zero-order chi connectivity index (χ0) is 13.3. The van der Waals surface area contributed by atoms with Crippen LogP contribution in [-0.4, -0.2) is 0 Å². The van der Waals surface area contributed by atoms with Crippen molar-refractivity contribution in [2.24, 2.45) is 0 Å². The van der Waals surface area contributed by atoms with Crippen molar-refractivity contribution >= 4 is 0 Å². The summed E-state index contributed by atoms with van der Waals surface area (Å²) in [6, 6.07) is 7.61. The molecule has 0 saturated heterocycles. The molecule has 0 nitrogen and oxygen atoms in total. The molecule has 0 spiro atoms. The fraction of sp³-hybridized carbons (Fsp3) is 0.0769. The average Bonchev–Trinajstić information content (AvgIpc) is 2.27. The van der Waals surface area contributed by atoms with Crippen LogP contribution < -0.4 is 0 Å². The summed E-state index contributed by atoms with van der Waals surface area (Å²) in [5.41, 5.74) is -1.76. The van der Waals surface area contributed by atoms with E-state index < -0.39 is 23.4 Å². The summed E-state index contributed by atoms with van der Waals surface area (Å²) in [6.45, 7) is 0. The van der Waals surface area contributed by atoms with Gasteiger partial charge in [0.15, 0.2) is 0 Å². The van der Waals surface area contributed by atoms with Crippen molar-refractivity contribution in [1.29, 1.82) is 0 Å². The first kappa shape index (κ1) is 12.5. The molecule has 0 N–H and O–H groups in total. The molecule has 2 aromatic carbocycles. The van der Waals surface area contributed by atoms with Crippen molar-refractivity contribution in [3.05, 3.63) is 59.7 Å². The maximum atomic E-state index is 13.3. The molecule has 0 aromatic heterocycles. The van der Waals surface area contributed by atoms with Crippen LogP contribution in [0, 0.1) is 11.6 Å². The van der Waals surface area contributed by atoms with Crippen LogP contribution in [0.25, 0.3) is 11.1 Å². The molecule has 18 heavy (non-hydrogen) atoms. The van der Waals surface area contributed by atoms with Crippen LogP contribution in [0.15, 0.2) is 42.5 Å². The van der Waals surface area contributed by atoms with E-state index in [0.717, 1.165) is 30.3 Å². The van der Waals surface area contributed by atoms with E-state index in [1.165, 1.54) is 12.1 Å². The van der Waals surface area contributed by atoms with E-state index >= 15 is 0 Å². The Morgan fingerprint density at radius 1 is 0.833 bits per heavy atom. The van der Waals surface area contributed by atoms with Crippen LogP contribution in [-0.2, 0) is 6.18 Å². The first-order valence-electron chi connectivity index (χ1n) is 5.01. The quantitative estimate of drug-likeness (QED) is 0.653. The summed E-state index contributed by atoms with van der Waals surface area (Å²) >= 11 is 0. The normalized spacial score (nSPS) is 11.6. The van der Waals surface area contributed by atoms with Gasteiger partial charge >= 0.3 is 6.18 Å². The Morgan fingerprint density at radius 2 is 1.50 bits per heavy atom. The van der Waals surface area contributed by atoms with Gasteiger partial charge in [0.05, 0.1) is 5.56 Å². The van der Waals surface area contributed by atoms with E-state index in [1.54, 1.807) is 0 Å². The van der Waals surface area contributed by atoms with Crippen molar-refractivity contribution in [3.8, 4) is 11.1 Å². The second kappa shape index (κ2) is 4.40. The SMILES string of the molecule is Fc1cccc(-c2cccc(F)c2C(F)(F)F)c1. The van der Waals surface area contributed by atoms with Crippen LogP contribution in [0.1, 0.15) is 5.56 Å². The Morgan fingerprint density at radius 3 is 2.11 bits per heavy atom. The van der Waals surface area contributed by atoms with Gasteiger partial charge in [0.2, 0.25) is 0 Å². The minimum absolute atomic E-state index is 0.0122. The highest BCUT2D eigenvalue weighted by Crippen LogP contribution is 2.38. The lowest BCUT2D eigenvalue weighted by Crippen LogP contribution is -2.10. The lowest BCUT2D eigenvalue weighted by atomic mass is 9.99. The van der Waals surface area contributed by atoms with Gasteiger partial charge < -0.3 is 0 Å². The zero-order valence-electron chi connectivity index (χ0n) is 8.93. The number of halogens is 5. The maximum Gasteiger partial charge on any atom is 0.419 e. The van der Waals surface area contributed by atoms with Crippen LogP contribution in [0.5, 0.6) is 0 Å². The van der Waals surface area contributed by atoms with Crippen molar-refractivity contribution in [2.75, 3.05) is 0 Å².